The Morgan fingerprint density at radius 3 is 2.17 bits per heavy atom. The summed E-state index contributed by atoms with van der Waals surface area (Å²) in [4.78, 5) is 0. The summed E-state index contributed by atoms with van der Waals surface area (Å²) >= 11 is 1.86. The van der Waals surface area contributed by atoms with Crippen LogP contribution in [0.3, 0.4) is 0 Å². The number of hydrogen-bond acceptors (Lipinski definition) is 2. The van der Waals surface area contributed by atoms with Gasteiger partial charge in [-0.05, 0) is 57.3 Å². The van der Waals surface area contributed by atoms with E-state index in [2.05, 4.69) is 102 Å². The zero-order valence-corrected chi connectivity index (χ0v) is 17.0. The average molecular weight is 400 g/mol. The van der Waals surface area contributed by atoms with Crippen molar-refractivity contribution in [1.29, 1.82) is 0 Å². The molecule has 30 heavy (non-hydrogen) atoms. The summed E-state index contributed by atoms with van der Waals surface area (Å²) in [7, 11) is 0. The van der Waals surface area contributed by atoms with E-state index in [9.17, 15) is 0 Å². The molecule has 1 aromatic heterocycles. The third-order valence-corrected chi connectivity index (χ3v) is 7.32. The van der Waals surface area contributed by atoms with Crippen molar-refractivity contribution in [2.24, 2.45) is 0 Å². The molecule has 0 radical (unpaired) electrons. The Kier molecular flexibility index (Phi) is 3.21. The fourth-order valence-corrected chi connectivity index (χ4v) is 5.91. The maximum Gasteiger partial charge on any atom is 0.0470 e. The lowest BCUT2D eigenvalue weighted by molar-refractivity contribution is 1.63. The second-order valence-electron chi connectivity index (χ2n) is 7.91. The van der Waals surface area contributed by atoms with Crippen LogP contribution in [0.1, 0.15) is 0 Å². The number of benzene rings is 6. The van der Waals surface area contributed by atoms with Crippen molar-refractivity contribution < 1.29 is 0 Å². The molecule has 6 aromatic carbocycles. The minimum Gasteiger partial charge on any atom is -0.355 e. The van der Waals surface area contributed by atoms with Crippen LogP contribution < -0.4 is 5.32 Å². The molecule has 1 N–H and O–H groups in total. The minimum absolute atomic E-state index is 1.13. The Hall–Kier alpha value is -3.62. The van der Waals surface area contributed by atoms with Gasteiger partial charge in [-0.1, -0.05) is 66.7 Å². The molecule has 0 saturated carbocycles. The van der Waals surface area contributed by atoms with E-state index in [1.807, 2.05) is 11.3 Å². The van der Waals surface area contributed by atoms with Crippen LogP contribution in [-0.4, -0.2) is 0 Å². The number of fused-ring (bicyclic) bond motifs is 3. The highest BCUT2D eigenvalue weighted by molar-refractivity contribution is 7.25. The summed E-state index contributed by atoms with van der Waals surface area (Å²) in [6.07, 6.45) is 0. The molecule has 2 heteroatoms. The molecule has 0 fully saturated rings. The molecule has 1 nitrogen and oxygen atoms in total. The third kappa shape index (κ3) is 2.23. The van der Waals surface area contributed by atoms with E-state index in [1.165, 1.54) is 52.5 Å². The zero-order valence-electron chi connectivity index (χ0n) is 16.1. The second kappa shape index (κ2) is 5.94. The standard InChI is InChI=1S/C28H17NS/c1-2-10-25-21(8-1)23-16-20(13-14-26(23)30-25)29-24-15-19-7-3-5-17-11-12-18-6-4-9-22(24)28(18)27(17)19/h1-16,29H. The van der Waals surface area contributed by atoms with Gasteiger partial charge in [0.05, 0.1) is 0 Å². The molecule has 0 unspecified atom stereocenters. The third-order valence-electron chi connectivity index (χ3n) is 6.16. The van der Waals surface area contributed by atoms with Crippen molar-refractivity contribution in [2.45, 2.75) is 0 Å². The van der Waals surface area contributed by atoms with Gasteiger partial charge in [0.1, 0.15) is 0 Å². The number of nitrogens with one attached hydrogen (secondary N) is 1. The molecule has 0 aliphatic carbocycles. The van der Waals surface area contributed by atoms with Crippen molar-refractivity contribution in [1.82, 2.24) is 0 Å². The quantitative estimate of drug-likeness (QED) is 0.287. The summed E-state index contributed by atoms with van der Waals surface area (Å²) in [6, 6.07) is 35.3. The fraction of sp³-hybridized carbons (Fsp3) is 0. The fourth-order valence-electron chi connectivity index (χ4n) is 4.82. The van der Waals surface area contributed by atoms with Gasteiger partial charge in [-0.2, -0.15) is 0 Å². The molecule has 0 bridgehead atoms. The van der Waals surface area contributed by atoms with Crippen LogP contribution in [0.15, 0.2) is 97.1 Å². The van der Waals surface area contributed by atoms with E-state index in [4.69, 9.17) is 0 Å². The number of thiophene rings is 1. The molecule has 1 heterocycles. The van der Waals surface area contributed by atoms with E-state index in [1.54, 1.807) is 0 Å². The van der Waals surface area contributed by atoms with Gasteiger partial charge in [-0.3, -0.25) is 0 Å². The highest BCUT2D eigenvalue weighted by atomic mass is 32.1. The molecule has 7 rings (SSSR count). The Balaban J connectivity index is 1.47. The Morgan fingerprint density at radius 2 is 1.23 bits per heavy atom. The highest BCUT2D eigenvalue weighted by Gasteiger charge is 2.12. The Bertz CT molecular complexity index is 1720. The van der Waals surface area contributed by atoms with Crippen molar-refractivity contribution >= 4 is 75.2 Å². The molecule has 0 spiro atoms. The van der Waals surface area contributed by atoms with E-state index in [0.717, 1.165) is 11.4 Å². The Morgan fingerprint density at radius 1 is 0.500 bits per heavy atom. The average Bonchev–Trinajstić information content (AvgIpc) is 3.16. The predicted molar refractivity (Wildman–Crippen MR) is 133 cm³/mol. The van der Waals surface area contributed by atoms with E-state index < -0.39 is 0 Å². The molecule has 0 amide bonds. The van der Waals surface area contributed by atoms with Crippen molar-refractivity contribution in [3.63, 3.8) is 0 Å². The smallest absolute Gasteiger partial charge is 0.0470 e. The normalized spacial score (nSPS) is 12.0. The molecular weight excluding hydrogens is 382 g/mol. The second-order valence-corrected chi connectivity index (χ2v) is 8.99. The summed E-state index contributed by atoms with van der Waals surface area (Å²) in [6.45, 7) is 0. The summed E-state index contributed by atoms with van der Waals surface area (Å²) < 4.78 is 2.67. The number of rotatable bonds is 2. The van der Waals surface area contributed by atoms with Crippen LogP contribution in [-0.2, 0) is 0 Å². The van der Waals surface area contributed by atoms with Gasteiger partial charge < -0.3 is 5.32 Å². The maximum atomic E-state index is 3.74. The molecule has 0 aliphatic heterocycles. The van der Waals surface area contributed by atoms with Crippen LogP contribution in [0.5, 0.6) is 0 Å². The van der Waals surface area contributed by atoms with E-state index in [-0.39, 0.29) is 0 Å². The van der Waals surface area contributed by atoms with Gasteiger partial charge in [0, 0.05) is 36.9 Å². The lowest BCUT2D eigenvalue weighted by Crippen LogP contribution is -1.93. The molecular formula is C28H17NS. The van der Waals surface area contributed by atoms with Crippen molar-refractivity contribution in [2.75, 3.05) is 5.32 Å². The van der Waals surface area contributed by atoms with Crippen molar-refractivity contribution in [3.8, 4) is 0 Å². The van der Waals surface area contributed by atoms with Crippen LogP contribution in [0, 0.1) is 0 Å². The molecule has 0 saturated heterocycles. The first-order chi connectivity index (χ1) is 14.8. The summed E-state index contributed by atoms with van der Waals surface area (Å²) in [5.41, 5.74) is 2.28. The van der Waals surface area contributed by atoms with Gasteiger partial charge in [0.15, 0.2) is 0 Å². The molecule has 140 valence electrons. The number of anilines is 2. The van der Waals surface area contributed by atoms with E-state index >= 15 is 0 Å². The largest absolute Gasteiger partial charge is 0.355 e. The zero-order chi connectivity index (χ0) is 19.7. The van der Waals surface area contributed by atoms with E-state index in [0.29, 0.717) is 0 Å². The highest BCUT2D eigenvalue weighted by Crippen LogP contribution is 2.40. The van der Waals surface area contributed by atoms with Crippen LogP contribution >= 0.6 is 11.3 Å². The maximum absolute atomic E-state index is 3.74. The van der Waals surface area contributed by atoms with Crippen molar-refractivity contribution in [3.05, 3.63) is 97.1 Å². The topological polar surface area (TPSA) is 12.0 Å². The first kappa shape index (κ1) is 16.2. The van der Waals surface area contributed by atoms with Crippen LogP contribution in [0.25, 0.3) is 52.5 Å². The first-order valence-electron chi connectivity index (χ1n) is 10.2. The SMILES string of the molecule is c1cc2ccc3cccc4c(Nc5ccc6sc7ccccc7c6c5)cc(c1)c2c34. The van der Waals surface area contributed by atoms with Crippen LogP contribution in [0.4, 0.5) is 11.4 Å². The minimum atomic E-state index is 1.13. The summed E-state index contributed by atoms with van der Waals surface area (Å²) in [5.74, 6) is 0. The van der Waals surface area contributed by atoms with Crippen LogP contribution in [0.2, 0.25) is 0 Å². The molecule has 0 atom stereocenters. The lowest BCUT2D eigenvalue weighted by Gasteiger charge is -2.16. The first-order valence-corrected chi connectivity index (χ1v) is 11.0. The van der Waals surface area contributed by atoms with Gasteiger partial charge in [0.25, 0.3) is 0 Å². The molecule has 0 aliphatic rings. The Labute approximate surface area is 177 Å². The monoisotopic (exact) mass is 399 g/mol. The molecule has 7 aromatic rings. The van der Waals surface area contributed by atoms with Gasteiger partial charge in [-0.15, -0.1) is 11.3 Å². The van der Waals surface area contributed by atoms with Gasteiger partial charge in [0.2, 0.25) is 0 Å². The predicted octanol–water partition coefficient (Wildman–Crippen LogP) is 8.70. The van der Waals surface area contributed by atoms with Gasteiger partial charge >= 0.3 is 0 Å². The lowest BCUT2D eigenvalue weighted by atomic mass is 9.93. The summed E-state index contributed by atoms with van der Waals surface area (Å²) in [5, 5.41) is 14.2. The number of hydrogen-bond donors (Lipinski definition) is 1. The van der Waals surface area contributed by atoms with Gasteiger partial charge in [-0.25, -0.2) is 0 Å².